The van der Waals surface area contributed by atoms with Crippen LogP contribution in [0.25, 0.3) is 0 Å². The largest absolute Gasteiger partial charge is 0.366 e. The zero-order chi connectivity index (χ0) is 10.2. The molecule has 78 valence electrons. The topological polar surface area (TPSA) is 82.8 Å². The number of anilines is 1. The first-order valence-corrected chi connectivity index (χ1v) is 5.10. The summed E-state index contributed by atoms with van der Waals surface area (Å²) in [6, 6.07) is 0. The molecule has 0 spiro atoms. The Kier molecular flexibility index (Phi) is 2.09. The second kappa shape index (κ2) is 3.15. The third kappa shape index (κ3) is 1.32. The molecule has 1 saturated carbocycles. The first-order chi connectivity index (χ1) is 6.63. The van der Waals surface area contributed by atoms with E-state index in [4.69, 9.17) is 11.6 Å². The lowest BCUT2D eigenvalue weighted by atomic mass is 9.75. The summed E-state index contributed by atoms with van der Waals surface area (Å²) < 4.78 is 1.42. The van der Waals surface area contributed by atoms with Crippen LogP contribution in [0.2, 0.25) is 0 Å². The SMILES string of the molecule is CC1(c2nnc(N)n2N)CCCCC1. The smallest absolute Gasteiger partial charge is 0.240 e. The molecule has 0 unspecified atom stereocenters. The lowest BCUT2D eigenvalue weighted by Crippen LogP contribution is -2.31. The summed E-state index contributed by atoms with van der Waals surface area (Å²) in [5, 5.41) is 7.88. The average Bonchev–Trinajstić information content (AvgIpc) is 2.49. The molecule has 1 aliphatic carbocycles. The molecule has 0 atom stereocenters. The van der Waals surface area contributed by atoms with Gasteiger partial charge in [0.15, 0.2) is 5.82 Å². The van der Waals surface area contributed by atoms with Gasteiger partial charge in [-0.3, -0.25) is 0 Å². The second-order valence-electron chi connectivity index (χ2n) is 4.37. The molecule has 1 aliphatic rings. The molecule has 0 bridgehead atoms. The summed E-state index contributed by atoms with van der Waals surface area (Å²) in [5.41, 5.74) is 5.64. The van der Waals surface area contributed by atoms with Gasteiger partial charge >= 0.3 is 0 Å². The Morgan fingerprint density at radius 1 is 1.21 bits per heavy atom. The van der Waals surface area contributed by atoms with Gasteiger partial charge in [-0.1, -0.05) is 26.2 Å². The zero-order valence-electron chi connectivity index (χ0n) is 8.53. The Bertz CT molecular complexity index is 324. The summed E-state index contributed by atoms with van der Waals surface area (Å²) >= 11 is 0. The molecule has 1 fully saturated rings. The fourth-order valence-electron chi connectivity index (χ4n) is 2.27. The van der Waals surface area contributed by atoms with Crippen LogP contribution in [-0.2, 0) is 5.41 Å². The minimum atomic E-state index is 0.0671. The Balaban J connectivity index is 2.32. The van der Waals surface area contributed by atoms with Crippen molar-refractivity contribution in [1.82, 2.24) is 14.9 Å². The minimum absolute atomic E-state index is 0.0671. The van der Waals surface area contributed by atoms with Crippen LogP contribution in [-0.4, -0.2) is 14.9 Å². The molecule has 5 heteroatoms. The van der Waals surface area contributed by atoms with E-state index >= 15 is 0 Å². The van der Waals surface area contributed by atoms with E-state index in [2.05, 4.69) is 17.1 Å². The van der Waals surface area contributed by atoms with Crippen LogP contribution in [0.5, 0.6) is 0 Å². The number of nitrogens with two attached hydrogens (primary N) is 2. The third-order valence-corrected chi connectivity index (χ3v) is 3.22. The van der Waals surface area contributed by atoms with Crippen LogP contribution in [0.15, 0.2) is 0 Å². The highest BCUT2D eigenvalue weighted by molar-refractivity contribution is 5.22. The average molecular weight is 195 g/mol. The van der Waals surface area contributed by atoms with Crippen molar-refractivity contribution >= 4 is 5.95 Å². The van der Waals surface area contributed by atoms with Crippen LogP contribution in [0.4, 0.5) is 5.95 Å². The van der Waals surface area contributed by atoms with Crippen LogP contribution in [0, 0.1) is 0 Å². The highest BCUT2D eigenvalue weighted by atomic mass is 15.4. The zero-order valence-corrected chi connectivity index (χ0v) is 8.53. The van der Waals surface area contributed by atoms with Crippen molar-refractivity contribution in [2.75, 3.05) is 11.6 Å². The van der Waals surface area contributed by atoms with Crippen molar-refractivity contribution in [1.29, 1.82) is 0 Å². The Morgan fingerprint density at radius 3 is 2.36 bits per heavy atom. The molecule has 1 heterocycles. The lowest BCUT2D eigenvalue weighted by Gasteiger charge is -2.31. The van der Waals surface area contributed by atoms with Crippen molar-refractivity contribution in [3.8, 4) is 0 Å². The molecular formula is C9H17N5. The lowest BCUT2D eigenvalue weighted by molar-refractivity contribution is 0.299. The number of nitrogens with zero attached hydrogens (tertiary/aromatic N) is 3. The fraction of sp³-hybridized carbons (Fsp3) is 0.778. The van der Waals surface area contributed by atoms with Crippen molar-refractivity contribution in [2.45, 2.75) is 44.4 Å². The minimum Gasteiger partial charge on any atom is -0.366 e. The maximum absolute atomic E-state index is 5.79. The van der Waals surface area contributed by atoms with Gasteiger partial charge in [0.05, 0.1) is 0 Å². The molecule has 0 saturated heterocycles. The van der Waals surface area contributed by atoms with Crippen LogP contribution in [0.3, 0.4) is 0 Å². The predicted octanol–water partition coefficient (Wildman–Crippen LogP) is 0.796. The summed E-state index contributed by atoms with van der Waals surface area (Å²) in [5.74, 6) is 6.91. The van der Waals surface area contributed by atoms with E-state index < -0.39 is 0 Å². The Morgan fingerprint density at radius 2 is 1.86 bits per heavy atom. The standard InChI is InChI=1S/C9H17N5/c1-9(5-3-2-4-6-9)7-12-13-8(10)14(7)11/h2-6,11H2,1H3,(H2,10,13). The second-order valence-corrected chi connectivity index (χ2v) is 4.37. The number of nitrogen functional groups attached to an aromatic ring is 2. The Hall–Kier alpha value is -1.26. The maximum atomic E-state index is 5.79. The number of hydrogen-bond donors (Lipinski definition) is 2. The van der Waals surface area contributed by atoms with Crippen LogP contribution >= 0.6 is 0 Å². The summed E-state index contributed by atoms with van der Waals surface area (Å²) in [4.78, 5) is 0. The molecule has 0 radical (unpaired) electrons. The molecule has 1 aromatic heterocycles. The van der Waals surface area contributed by atoms with Crippen molar-refractivity contribution in [3.05, 3.63) is 5.82 Å². The molecule has 1 aromatic rings. The van der Waals surface area contributed by atoms with E-state index in [9.17, 15) is 0 Å². The van der Waals surface area contributed by atoms with E-state index in [1.165, 1.54) is 23.9 Å². The van der Waals surface area contributed by atoms with Gasteiger partial charge in [-0.15, -0.1) is 10.2 Å². The fourth-order valence-corrected chi connectivity index (χ4v) is 2.27. The Labute approximate surface area is 83.5 Å². The van der Waals surface area contributed by atoms with Gasteiger partial charge < -0.3 is 11.6 Å². The van der Waals surface area contributed by atoms with Gasteiger partial charge in [0, 0.05) is 5.41 Å². The number of rotatable bonds is 1. The molecule has 2 rings (SSSR count). The molecule has 0 aromatic carbocycles. The van der Waals surface area contributed by atoms with E-state index in [0.717, 1.165) is 18.7 Å². The van der Waals surface area contributed by atoms with Gasteiger partial charge in [0.1, 0.15) is 0 Å². The number of hydrogen-bond acceptors (Lipinski definition) is 4. The van der Waals surface area contributed by atoms with Gasteiger partial charge in [0.2, 0.25) is 5.95 Å². The maximum Gasteiger partial charge on any atom is 0.240 e. The quantitative estimate of drug-likeness (QED) is 0.649. The molecule has 0 amide bonds. The van der Waals surface area contributed by atoms with Crippen LogP contribution in [0.1, 0.15) is 44.9 Å². The highest BCUT2D eigenvalue weighted by Crippen LogP contribution is 2.37. The van der Waals surface area contributed by atoms with Gasteiger partial charge in [-0.25, -0.2) is 4.68 Å². The van der Waals surface area contributed by atoms with Gasteiger partial charge in [0.25, 0.3) is 0 Å². The first kappa shape index (κ1) is 9.30. The molecular weight excluding hydrogens is 178 g/mol. The van der Waals surface area contributed by atoms with Gasteiger partial charge in [-0.2, -0.15) is 0 Å². The van der Waals surface area contributed by atoms with E-state index in [0.29, 0.717) is 5.95 Å². The molecule has 4 N–H and O–H groups in total. The van der Waals surface area contributed by atoms with E-state index in [1.807, 2.05) is 0 Å². The van der Waals surface area contributed by atoms with Crippen LogP contribution < -0.4 is 11.6 Å². The van der Waals surface area contributed by atoms with Crippen molar-refractivity contribution in [3.63, 3.8) is 0 Å². The van der Waals surface area contributed by atoms with Crippen molar-refractivity contribution in [2.24, 2.45) is 0 Å². The van der Waals surface area contributed by atoms with E-state index in [-0.39, 0.29) is 5.41 Å². The monoisotopic (exact) mass is 195 g/mol. The summed E-state index contributed by atoms with van der Waals surface area (Å²) in [6.45, 7) is 2.19. The highest BCUT2D eigenvalue weighted by Gasteiger charge is 2.33. The summed E-state index contributed by atoms with van der Waals surface area (Å²) in [7, 11) is 0. The van der Waals surface area contributed by atoms with Gasteiger partial charge in [-0.05, 0) is 12.8 Å². The summed E-state index contributed by atoms with van der Waals surface area (Å²) in [6.07, 6.45) is 6.04. The van der Waals surface area contributed by atoms with Crippen molar-refractivity contribution < 1.29 is 0 Å². The normalized spacial score (nSPS) is 20.9. The third-order valence-electron chi connectivity index (χ3n) is 3.22. The van der Waals surface area contributed by atoms with E-state index in [1.54, 1.807) is 0 Å². The molecule has 14 heavy (non-hydrogen) atoms. The number of aromatic nitrogens is 3. The molecule has 5 nitrogen and oxygen atoms in total. The molecule has 0 aliphatic heterocycles. The first-order valence-electron chi connectivity index (χ1n) is 5.10. The predicted molar refractivity (Wildman–Crippen MR) is 55.0 cm³/mol.